The standard InChI is InChI=1S/C19H18F2N2O3/c20-19(21)26-16-8-6-15(7-9-16)22-18(25)14-10-17(24)23(12-14)11-13-4-2-1-3-5-13/h1-9,14,19H,10-12H2,(H,22,25). The molecule has 7 heteroatoms. The van der Waals surface area contributed by atoms with Crippen molar-refractivity contribution in [3.05, 3.63) is 60.2 Å². The Labute approximate surface area is 149 Å². The summed E-state index contributed by atoms with van der Waals surface area (Å²) in [5.74, 6) is -0.752. The largest absolute Gasteiger partial charge is 0.435 e. The van der Waals surface area contributed by atoms with E-state index in [1.54, 1.807) is 4.90 Å². The van der Waals surface area contributed by atoms with Crippen molar-refractivity contribution in [2.75, 3.05) is 11.9 Å². The zero-order valence-corrected chi connectivity index (χ0v) is 13.9. The van der Waals surface area contributed by atoms with E-state index >= 15 is 0 Å². The third-order valence-corrected chi connectivity index (χ3v) is 4.15. The number of ether oxygens (including phenoxy) is 1. The van der Waals surface area contributed by atoms with Crippen LogP contribution in [0.4, 0.5) is 14.5 Å². The van der Waals surface area contributed by atoms with Gasteiger partial charge >= 0.3 is 6.61 Å². The molecule has 136 valence electrons. The molecule has 1 N–H and O–H groups in total. The molecule has 26 heavy (non-hydrogen) atoms. The molecule has 0 spiro atoms. The molecule has 1 unspecified atom stereocenters. The molecule has 1 saturated heterocycles. The van der Waals surface area contributed by atoms with Crippen LogP contribution in [0.2, 0.25) is 0 Å². The predicted octanol–water partition coefficient (Wildman–Crippen LogP) is 3.28. The number of benzene rings is 2. The van der Waals surface area contributed by atoms with Crippen molar-refractivity contribution in [2.24, 2.45) is 5.92 Å². The molecule has 0 aromatic heterocycles. The van der Waals surface area contributed by atoms with Gasteiger partial charge in [0.2, 0.25) is 11.8 Å². The Balaban J connectivity index is 1.56. The summed E-state index contributed by atoms with van der Waals surface area (Å²) in [7, 11) is 0. The van der Waals surface area contributed by atoms with Gasteiger partial charge in [-0.1, -0.05) is 30.3 Å². The highest BCUT2D eigenvalue weighted by Crippen LogP contribution is 2.23. The summed E-state index contributed by atoms with van der Waals surface area (Å²) in [6.07, 6.45) is 0.158. The third kappa shape index (κ3) is 4.56. The van der Waals surface area contributed by atoms with Gasteiger partial charge in [0.05, 0.1) is 5.92 Å². The van der Waals surface area contributed by atoms with E-state index in [1.807, 2.05) is 30.3 Å². The van der Waals surface area contributed by atoms with Gasteiger partial charge in [-0.05, 0) is 29.8 Å². The average molecular weight is 360 g/mol. The lowest BCUT2D eigenvalue weighted by molar-refractivity contribution is -0.128. The fourth-order valence-corrected chi connectivity index (χ4v) is 2.87. The predicted molar refractivity (Wildman–Crippen MR) is 91.7 cm³/mol. The minimum atomic E-state index is -2.89. The van der Waals surface area contributed by atoms with E-state index in [9.17, 15) is 18.4 Å². The molecule has 2 aromatic rings. The smallest absolute Gasteiger partial charge is 0.387 e. The number of nitrogens with one attached hydrogen (secondary N) is 1. The highest BCUT2D eigenvalue weighted by atomic mass is 19.3. The first-order chi connectivity index (χ1) is 12.5. The van der Waals surface area contributed by atoms with Crippen LogP contribution in [0.3, 0.4) is 0 Å². The van der Waals surface area contributed by atoms with Crippen molar-refractivity contribution in [3.8, 4) is 5.75 Å². The molecule has 0 radical (unpaired) electrons. The number of likely N-dealkylation sites (tertiary alicyclic amines) is 1. The van der Waals surface area contributed by atoms with Gasteiger partial charge < -0.3 is 15.0 Å². The van der Waals surface area contributed by atoms with Crippen LogP contribution < -0.4 is 10.1 Å². The van der Waals surface area contributed by atoms with Crippen LogP contribution in [0.1, 0.15) is 12.0 Å². The van der Waals surface area contributed by atoms with Crippen molar-refractivity contribution in [3.63, 3.8) is 0 Å². The quantitative estimate of drug-likeness (QED) is 0.860. The SMILES string of the molecule is O=C(Nc1ccc(OC(F)F)cc1)C1CC(=O)N(Cc2ccccc2)C1. The first kappa shape index (κ1) is 17.8. The van der Waals surface area contributed by atoms with E-state index in [0.717, 1.165) is 5.56 Å². The Kier molecular flexibility index (Phi) is 5.46. The van der Waals surface area contributed by atoms with Gasteiger partial charge in [0.15, 0.2) is 0 Å². The summed E-state index contributed by atoms with van der Waals surface area (Å²) in [5.41, 5.74) is 1.47. The molecular formula is C19H18F2N2O3. The lowest BCUT2D eigenvalue weighted by Crippen LogP contribution is -2.28. The molecule has 1 aliphatic heterocycles. The van der Waals surface area contributed by atoms with E-state index in [0.29, 0.717) is 18.8 Å². The normalized spacial score (nSPS) is 16.8. The Morgan fingerprint density at radius 1 is 1.15 bits per heavy atom. The van der Waals surface area contributed by atoms with Crippen molar-refractivity contribution in [1.82, 2.24) is 4.90 Å². The second kappa shape index (κ2) is 7.95. The lowest BCUT2D eigenvalue weighted by Gasteiger charge is -2.16. The number of alkyl halides is 2. The van der Waals surface area contributed by atoms with Crippen molar-refractivity contribution < 1.29 is 23.1 Å². The molecule has 5 nitrogen and oxygen atoms in total. The van der Waals surface area contributed by atoms with Gasteiger partial charge in [-0.3, -0.25) is 9.59 Å². The molecule has 2 amide bonds. The van der Waals surface area contributed by atoms with Crippen LogP contribution in [0.15, 0.2) is 54.6 Å². The highest BCUT2D eigenvalue weighted by Gasteiger charge is 2.34. The van der Waals surface area contributed by atoms with Crippen molar-refractivity contribution in [1.29, 1.82) is 0 Å². The van der Waals surface area contributed by atoms with Crippen LogP contribution in [0.5, 0.6) is 5.75 Å². The summed E-state index contributed by atoms with van der Waals surface area (Å²) in [4.78, 5) is 26.2. The number of carbonyl (C=O) groups is 2. The molecule has 2 aromatic carbocycles. The van der Waals surface area contributed by atoms with Gasteiger partial charge in [-0.2, -0.15) is 8.78 Å². The number of rotatable bonds is 6. The summed E-state index contributed by atoms with van der Waals surface area (Å²) >= 11 is 0. The topological polar surface area (TPSA) is 58.6 Å². The summed E-state index contributed by atoms with van der Waals surface area (Å²) in [6.45, 7) is -2.06. The van der Waals surface area contributed by atoms with E-state index in [1.165, 1.54) is 24.3 Å². The maximum atomic E-state index is 12.4. The zero-order chi connectivity index (χ0) is 18.5. The van der Waals surface area contributed by atoms with E-state index in [4.69, 9.17) is 0 Å². The van der Waals surface area contributed by atoms with Gasteiger partial charge in [0, 0.05) is 25.2 Å². The molecule has 0 bridgehead atoms. The third-order valence-electron chi connectivity index (χ3n) is 4.15. The Morgan fingerprint density at radius 2 is 1.85 bits per heavy atom. The number of nitrogens with zero attached hydrogens (tertiary/aromatic N) is 1. The minimum Gasteiger partial charge on any atom is -0.435 e. The Bertz CT molecular complexity index is 766. The number of hydrogen-bond donors (Lipinski definition) is 1. The Morgan fingerprint density at radius 3 is 2.50 bits per heavy atom. The maximum absolute atomic E-state index is 12.4. The van der Waals surface area contributed by atoms with Crippen LogP contribution in [-0.2, 0) is 16.1 Å². The van der Waals surface area contributed by atoms with Gasteiger partial charge in [-0.15, -0.1) is 0 Å². The van der Waals surface area contributed by atoms with Crippen molar-refractivity contribution in [2.45, 2.75) is 19.6 Å². The Hall–Kier alpha value is -2.96. The van der Waals surface area contributed by atoms with Crippen LogP contribution in [-0.4, -0.2) is 29.9 Å². The minimum absolute atomic E-state index is 0.0167. The maximum Gasteiger partial charge on any atom is 0.387 e. The van der Waals surface area contributed by atoms with Crippen LogP contribution in [0, 0.1) is 5.92 Å². The van der Waals surface area contributed by atoms with Crippen LogP contribution in [0.25, 0.3) is 0 Å². The fraction of sp³-hybridized carbons (Fsp3) is 0.263. The summed E-state index contributed by atoms with van der Waals surface area (Å²) < 4.78 is 28.5. The molecule has 3 rings (SSSR count). The highest BCUT2D eigenvalue weighted by molar-refractivity contribution is 5.97. The van der Waals surface area contributed by atoms with E-state index in [2.05, 4.69) is 10.1 Å². The van der Waals surface area contributed by atoms with E-state index in [-0.39, 0.29) is 24.0 Å². The van der Waals surface area contributed by atoms with Crippen molar-refractivity contribution >= 4 is 17.5 Å². The summed E-state index contributed by atoms with van der Waals surface area (Å²) in [5, 5.41) is 2.71. The lowest BCUT2D eigenvalue weighted by atomic mass is 10.1. The monoisotopic (exact) mass is 360 g/mol. The molecule has 0 aliphatic carbocycles. The molecule has 1 aliphatic rings. The molecular weight excluding hydrogens is 342 g/mol. The number of amides is 2. The van der Waals surface area contributed by atoms with Crippen LogP contribution >= 0.6 is 0 Å². The average Bonchev–Trinajstić information content (AvgIpc) is 2.98. The first-order valence-corrected chi connectivity index (χ1v) is 8.18. The molecule has 1 fully saturated rings. The zero-order valence-electron chi connectivity index (χ0n) is 13.9. The number of carbonyl (C=O) groups excluding carboxylic acids is 2. The molecule has 1 heterocycles. The number of halogens is 2. The number of hydrogen-bond acceptors (Lipinski definition) is 3. The second-order valence-corrected chi connectivity index (χ2v) is 6.05. The fourth-order valence-electron chi connectivity index (χ4n) is 2.87. The van der Waals surface area contributed by atoms with Gasteiger partial charge in [0.25, 0.3) is 0 Å². The second-order valence-electron chi connectivity index (χ2n) is 6.05. The van der Waals surface area contributed by atoms with Gasteiger partial charge in [0.1, 0.15) is 5.75 Å². The summed E-state index contributed by atoms with van der Waals surface area (Å²) in [6, 6.07) is 15.2. The number of anilines is 1. The van der Waals surface area contributed by atoms with Gasteiger partial charge in [-0.25, -0.2) is 0 Å². The van der Waals surface area contributed by atoms with E-state index < -0.39 is 12.5 Å². The first-order valence-electron chi connectivity index (χ1n) is 8.18. The molecule has 1 atom stereocenters. The molecule has 0 saturated carbocycles.